The van der Waals surface area contributed by atoms with Crippen LogP contribution in [0.15, 0.2) is 24.3 Å². The van der Waals surface area contributed by atoms with E-state index in [1.165, 1.54) is 0 Å². The van der Waals surface area contributed by atoms with E-state index in [1.54, 1.807) is 13.0 Å². The minimum absolute atomic E-state index is 0. The summed E-state index contributed by atoms with van der Waals surface area (Å²) in [4.78, 5) is 11.1. The molecule has 1 atom stereocenters. The summed E-state index contributed by atoms with van der Waals surface area (Å²) in [6.07, 6.45) is 0. The van der Waals surface area contributed by atoms with Crippen LogP contribution < -0.4 is 11.1 Å². The van der Waals surface area contributed by atoms with Gasteiger partial charge in [0.25, 0.3) is 0 Å². The minimum Gasteiger partial charge on any atom is -0.351 e. The maximum absolute atomic E-state index is 11.1. The molecule has 1 rings (SSSR count). The van der Waals surface area contributed by atoms with Crippen molar-refractivity contribution < 1.29 is 4.79 Å². The lowest BCUT2D eigenvalue weighted by molar-refractivity contribution is -0.122. The first-order valence-corrected chi connectivity index (χ1v) is 4.75. The lowest BCUT2D eigenvalue weighted by atomic mass is 10.2. The summed E-state index contributed by atoms with van der Waals surface area (Å²) in [5.41, 5.74) is 6.28. The number of nitrogens with one attached hydrogen (secondary N) is 1. The van der Waals surface area contributed by atoms with Crippen molar-refractivity contribution in [1.29, 1.82) is 0 Å². The van der Waals surface area contributed by atoms with E-state index < -0.39 is 6.04 Å². The fraction of sp³-hybridized carbons (Fsp3) is 0.300. The molecule has 0 aliphatic heterocycles. The highest BCUT2D eigenvalue weighted by Crippen LogP contribution is 2.14. The second-order valence-electron chi connectivity index (χ2n) is 3.10. The summed E-state index contributed by atoms with van der Waals surface area (Å²) in [5, 5.41) is 3.34. The molecule has 0 heterocycles. The molecule has 84 valence electrons. The lowest BCUT2D eigenvalue weighted by Gasteiger charge is -2.08. The van der Waals surface area contributed by atoms with Gasteiger partial charge in [-0.05, 0) is 18.6 Å². The number of hydrogen-bond donors (Lipinski definition) is 2. The van der Waals surface area contributed by atoms with Crippen LogP contribution in [0.4, 0.5) is 0 Å². The van der Waals surface area contributed by atoms with Crippen molar-refractivity contribution in [3.8, 4) is 0 Å². The highest BCUT2D eigenvalue weighted by Gasteiger charge is 2.06. The van der Waals surface area contributed by atoms with Gasteiger partial charge in [-0.2, -0.15) is 0 Å². The van der Waals surface area contributed by atoms with Gasteiger partial charge in [-0.1, -0.05) is 29.8 Å². The van der Waals surface area contributed by atoms with E-state index in [0.29, 0.717) is 11.6 Å². The number of benzene rings is 1. The van der Waals surface area contributed by atoms with E-state index in [9.17, 15) is 4.79 Å². The van der Waals surface area contributed by atoms with Gasteiger partial charge < -0.3 is 11.1 Å². The fourth-order valence-electron chi connectivity index (χ4n) is 0.985. The topological polar surface area (TPSA) is 55.1 Å². The molecular formula is C10H14Cl2N2O. The van der Waals surface area contributed by atoms with Gasteiger partial charge >= 0.3 is 0 Å². The van der Waals surface area contributed by atoms with Crippen molar-refractivity contribution in [2.24, 2.45) is 5.73 Å². The Kier molecular flexibility index (Phi) is 6.32. The summed E-state index contributed by atoms with van der Waals surface area (Å²) >= 11 is 5.90. The average molecular weight is 249 g/mol. The second-order valence-corrected chi connectivity index (χ2v) is 3.51. The molecule has 0 bridgehead atoms. The Hall–Kier alpha value is -0.770. The van der Waals surface area contributed by atoms with E-state index in [-0.39, 0.29) is 18.3 Å². The Morgan fingerprint density at radius 1 is 1.53 bits per heavy atom. The van der Waals surface area contributed by atoms with E-state index >= 15 is 0 Å². The second kappa shape index (κ2) is 6.67. The highest BCUT2D eigenvalue weighted by molar-refractivity contribution is 6.31. The maximum Gasteiger partial charge on any atom is 0.236 e. The van der Waals surface area contributed by atoms with Crippen molar-refractivity contribution in [3.05, 3.63) is 34.9 Å². The van der Waals surface area contributed by atoms with Crippen molar-refractivity contribution in [3.63, 3.8) is 0 Å². The lowest BCUT2D eigenvalue weighted by Crippen LogP contribution is -2.37. The maximum atomic E-state index is 11.1. The van der Waals surface area contributed by atoms with Gasteiger partial charge in [-0.25, -0.2) is 0 Å². The SMILES string of the molecule is C[C@@H](N)C(=O)NCc1ccccc1Cl.Cl. The largest absolute Gasteiger partial charge is 0.351 e. The Bertz CT molecular complexity index is 329. The zero-order valence-electron chi connectivity index (χ0n) is 8.37. The molecule has 3 nitrogen and oxygen atoms in total. The smallest absolute Gasteiger partial charge is 0.236 e. The van der Waals surface area contributed by atoms with E-state index in [2.05, 4.69) is 5.32 Å². The van der Waals surface area contributed by atoms with Gasteiger partial charge in [0.1, 0.15) is 0 Å². The number of nitrogens with two attached hydrogens (primary N) is 1. The van der Waals surface area contributed by atoms with Gasteiger partial charge in [0.15, 0.2) is 0 Å². The first kappa shape index (κ1) is 14.2. The standard InChI is InChI=1S/C10H13ClN2O.ClH/c1-7(12)10(14)13-6-8-4-2-3-5-9(8)11;/h2-5,7H,6,12H2,1H3,(H,13,14);1H/t7-;/m1./s1. The number of halogens is 2. The number of amides is 1. The van der Waals surface area contributed by atoms with Crippen LogP contribution in [-0.2, 0) is 11.3 Å². The van der Waals surface area contributed by atoms with E-state index in [1.807, 2.05) is 18.2 Å². The van der Waals surface area contributed by atoms with Crippen LogP contribution in [-0.4, -0.2) is 11.9 Å². The van der Waals surface area contributed by atoms with Crippen molar-refractivity contribution in [2.75, 3.05) is 0 Å². The molecule has 0 spiro atoms. The van der Waals surface area contributed by atoms with Crippen LogP contribution in [0.5, 0.6) is 0 Å². The molecule has 5 heteroatoms. The quantitative estimate of drug-likeness (QED) is 0.857. The van der Waals surface area contributed by atoms with Crippen molar-refractivity contribution in [2.45, 2.75) is 19.5 Å². The summed E-state index contributed by atoms with van der Waals surface area (Å²) < 4.78 is 0. The first-order valence-electron chi connectivity index (χ1n) is 4.38. The molecule has 0 unspecified atom stereocenters. The normalized spacial score (nSPS) is 11.4. The Balaban J connectivity index is 0.00000196. The van der Waals surface area contributed by atoms with Crippen LogP contribution in [0, 0.1) is 0 Å². The molecular weight excluding hydrogens is 235 g/mol. The fourth-order valence-corrected chi connectivity index (χ4v) is 1.19. The number of carbonyl (C=O) groups excluding carboxylic acids is 1. The summed E-state index contributed by atoms with van der Waals surface area (Å²) in [5.74, 6) is -0.176. The van der Waals surface area contributed by atoms with Gasteiger partial charge in [0, 0.05) is 11.6 Å². The van der Waals surface area contributed by atoms with Crippen LogP contribution in [0.3, 0.4) is 0 Å². The van der Waals surface area contributed by atoms with E-state index in [4.69, 9.17) is 17.3 Å². The number of hydrogen-bond acceptors (Lipinski definition) is 2. The summed E-state index contributed by atoms with van der Waals surface area (Å²) in [6.45, 7) is 2.06. The summed E-state index contributed by atoms with van der Waals surface area (Å²) in [6, 6.07) is 6.88. The zero-order chi connectivity index (χ0) is 10.6. The van der Waals surface area contributed by atoms with Crippen LogP contribution in [0.25, 0.3) is 0 Å². The number of carbonyl (C=O) groups is 1. The number of rotatable bonds is 3. The minimum atomic E-state index is -0.488. The van der Waals surface area contributed by atoms with Gasteiger partial charge in [0.05, 0.1) is 6.04 Å². The molecule has 15 heavy (non-hydrogen) atoms. The third kappa shape index (κ3) is 4.51. The first-order chi connectivity index (χ1) is 6.61. The predicted molar refractivity (Wildman–Crippen MR) is 64.2 cm³/mol. The monoisotopic (exact) mass is 248 g/mol. The molecule has 0 aliphatic rings. The molecule has 0 aromatic heterocycles. The summed E-state index contributed by atoms with van der Waals surface area (Å²) in [7, 11) is 0. The Labute approximate surface area is 100 Å². The molecule has 3 N–H and O–H groups in total. The Morgan fingerprint density at radius 2 is 2.13 bits per heavy atom. The molecule has 1 aromatic carbocycles. The van der Waals surface area contributed by atoms with Gasteiger partial charge in [-0.3, -0.25) is 4.79 Å². The van der Waals surface area contributed by atoms with Crippen LogP contribution in [0.2, 0.25) is 5.02 Å². The van der Waals surface area contributed by atoms with Gasteiger partial charge in [0.2, 0.25) is 5.91 Å². The third-order valence-electron chi connectivity index (χ3n) is 1.82. The molecule has 0 aliphatic carbocycles. The molecule has 1 aromatic rings. The van der Waals surface area contributed by atoms with Crippen LogP contribution in [0.1, 0.15) is 12.5 Å². The highest BCUT2D eigenvalue weighted by atomic mass is 35.5. The molecule has 0 radical (unpaired) electrons. The van der Waals surface area contributed by atoms with E-state index in [0.717, 1.165) is 5.56 Å². The van der Waals surface area contributed by atoms with Crippen LogP contribution >= 0.6 is 24.0 Å². The van der Waals surface area contributed by atoms with Gasteiger partial charge in [-0.15, -0.1) is 12.4 Å². The predicted octanol–water partition coefficient (Wildman–Crippen LogP) is 1.73. The Morgan fingerprint density at radius 3 is 2.67 bits per heavy atom. The molecule has 1 amide bonds. The third-order valence-corrected chi connectivity index (χ3v) is 2.19. The average Bonchev–Trinajstić information content (AvgIpc) is 2.16. The molecule has 0 fully saturated rings. The van der Waals surface area contributed by atoms with Crippen molar-refractivity contribution >= 4 is 29.9 Å². The zero-order valence-corrected chi connectivity index (χ0v) is 9.94. The van der Waals surface area contributed by atoms with Crippen molar-refractivity contribution in [1.82, 2.24) is 5.32 Å². The molecule has 0 saturated carbocycles. The molecule has 0 saturated heterocycles.